The molecule has 1 saturated heterocycles. The van der Waals surface area contributed by atoms with E-state index in [-0.39, 0.29) is 6.29 Å². The van der Waals surface area contributed by atoms with Crippen molar-refractivity contribution in [2.24, 2.45) is 0 Å². The maximum absolute atomic E-state index is 8.41. The van der Waals surface area contributed by atoms with Gasteiger partial charge in [0.05, 0.1) is 6.07 Å². The molecule has 0 aromatic carbocycles. The van der Waals surface area contributed by atoms with Gasteiger partial charge in [0, 0.05) is 19.6 Å². The second-order valence-corrected chi connectivity index (χ2v) is 5.40. The Morgan fingerprint density at radius 1 is 0.947 bits per heavy atom. The van der Waals surface area contributed by atoms with E-state index in [1.54, 1.807) is 0 Å². The molecule has 1 atom stereocenters. The van der Waals surface area contributed by atoms with Crippen LogP contribution in [-0.4, -0.2) is 19.5 Å². The average Bonchev–Trinajstić information content (AvgIpc) is 2.46. The van der Waals surface area contributed by atoms with Crippen molar-refractivity contribution in [2.45, 2.75) is 83.3 Å². The van der Waals surface area contributed by atoms with E-state index in [0.29, 0.717) is 0 Å². The molecular formula is C16H29NO2. The Labute approximate surface area is 118 Å². The van der Waals surface area contributed by atoms with Crippen LogP contribution in [0.1, 0.15) is 77.0 Å². The van der Waals surface area contributed by atoms with Crippen LogP contribution in [0.2, 0.25) is 0 Å². The predicted molar refractivity (Wildman–Crippen MR) is 76.7 cm³/mol. The molecule has 0 bridgehead atoms. The summed E-state index contributed by atoms with van der Waals surface area (Å²) in [7, 11) is 0. The van der Waals surface area contributed by atoms with Crippen molar-refractivity contribution in [3.8, 4) is 6.07 Å². The van der Waals surface area contributed by atoms with Crippen molar-refractivity contribution in [3.05, 3.63) is 0 Å². The third-order valence-electron chi connectivity index (χ3n) is 3.62. The molecule has 0 aromatic rings. The Kier molecular flexibility index (Phi) is 10.8. The highest BCUT2D eigenvalue weighted by Crippen LogP contribution is 2.14. The van der Waals surface area contributed by atoms with Gasteiger partial charge in [0.1, 0.15) is 0 Å². The number of unbranched alkanes of at least 4 members (excludes halogenated alkanes) is 8. The summed E-state index contributed by atoms with van der Waals surface area (Å²) in [6.45, 7) is 1.73. The van der Waals surface area contributed by atoms with Gasteiger partial charge in [-0.05, 0) is 32.1 Å². The third kappa shape index (κ3) is 9.92. The highest BCUT2D eigenvalue weighted by atomic mass is 16.7. The zero-order chi connectivity index (χ0) is 13.6. The van der Waals surface area contributed by atoms with E-state index < -0.39 is 0 Å². The van der Waals surface area contributed by atoms with E-state index in [1.807, 2.05) is 0 Å². The van der Waals surface area contributed by atoms with Crippen molar-refractivity contribution >= 4 is 0 Å². The van der Waals surface area contributed by atoms with Gasteiger partial charge in [-0.25, -0.2) is 0 Å². The molecule has 1 fully saturated rings. The molecule has 1 unspecified atom stereocenters. The van der Waals surface area contributed by atoms with Crippen LogP contribution in [0.15, 0.2) is 0 Å². The van der Waals surface area contributed by atoms with Crippen LogP contribution in [-0.2, 0) is 9.47 Å². The number of nitriles is 1. The molecule has 19 heavy (non-hydrogen) atoms. The lowest BCUT2D eigenvalue weighted by Gasteiger charge is -2.22. The van der Waals surface area contributed by atoms with Gasteiger partial charge >= 0.3 is 0 Å². The summed E-state index contributed by atoms with van der Waals surface area (Å²) in [4.78, 5) is 0. The molecule has 1 aliphatic heterocycles. The molecule has 0 saturated carbocycles. The lowest BCUT2D eigenvalue weighted by atomic mass is 10.1. The first-order valence-electron chi connectivity index (χ1n) is 8.03. The van der Waals surface area contributed by atoms with Crippen LogP contribution >= 0.6 is 0 Å². The molecule has 3 heteroatoms. The molecular weight excluding hydrogens is 238 g/mol. The normalized spacial score (nSPS) is 19.2. The minimum Gasteiger partial charge on any atom is -0.353 e. The number of nitrogens with zero attached hydrogens (tertiary/aromatic N) is 1. The minimum atomic E-state index is 0.0777. The van der Waals surface area contributed by atoms with Crippen LogP contribution in [0.4, 0.5) is 0 Å². The number of rotatable bonds is 11. The van der Waals surface area contributed by atoms with Crippen molar-refractivity contribution in [3.63, 3.8) is 0 Å². The fraction of sp³-hybridized carbons (Fsp3) is 0.938. The highest BCUT2D eigenvalue weighted by molar-refractivity contribution is 4.67. The quantitative estimate of drug-likeness (QED) is 0.515. The Bertz CT molecular complexity index is 231. The molecule has 0 aliphatic carbocycles. The molecule has 0 radical (unpaired) electrons. The van der Waals surface area contributed by atoms with Crippen LogP contribution in [0, 0.1) is 11.3 Å². The summed E-state index contributed by atoms with van der Waals surface area (Å²) in [6, 6.07) is 2.20. The van der Waals surface area contributed by atoms with Crippen molar-refractivity contribution in [1.82, 2.24) is 0 Å². The van der Waals surface area contributed by atoms with Crippen LogP contribution < -0.4 is 0 Å². The van der Waals surface area contributed by atoms with Crippen LogP contribution in [0.5, 0.6) is 0 Å². The van der Waals surface area contributed by atoms with Crippen molar-refractivity contribution < 1.29 is 9.47 Å². The van der Waals surface area contributed by atoms with Gasteiger partial charge in [0.25, 0.3) is 0 Å². The van der Waals surface area contributed by atoms with Gasteiger partial charge < -0.3 is 9.47 Å². The van der Waals surface area contributed by atoms with Gasteiger partial charge in [-0.1, -0.05) is 38.5 Å². The molecule has 0 N–H and O–H groups in total. The van der Waals surface area contributed by atoms with Gasteiger partial charge in [-0.2, -0.15) is 5.26 Å². The Hall–Kier alpha value is -0.590. The second kappa shape index (κ2) is 12.4. The zero-order valence-corrected chi connectivity index (χ0v) is 12.2. The van der Waals surface area contributed by atoms with E-state index in [0.717, 1.165) is 38.9 Å². The fourth-order valence-electron chi connectivity index (χ4n) is 2.42. The van der Waals surface area contributed by atoms with E-state index in [1.165, 1.54) is 51.4 Å². The van der Waals surface area contributed by atoms with Gasteiger partial charge in [0.15, 0.2) is 6.29 Å². The van der Waals surface area contributed by atoms with Crippen molar-refractivity contribution in [1.29, 1.82) is 5.26 Å². The van der Waals surface area contributed by atoms with E-state index in [2.05, 4.69) is 6.07 Å². The molecule has 0 spiro atoms. The number of ether oxygens (including phenoxy) is 2. The van der Waals surface area contributed by atoms with Crippen LogP contribution in [0.25, 0.3) is 0 Å². The lowest BCUT2D eigenvalue weighted by Crippen LogP contribution is -2.22. The smallest absolute Gasteiger partial charge is 0.157 e. The summed E-state index contributed by atoms with van der Waals surface area (Å²) < 4.78 is 11.2. The third-order valence-corrected chi connectivity index (χ3v) is 3.62. The Balaban J connectivity index is 1.72. The molecule has 1 rings (SSSR count). The highest BCUT2D eigenvalue weighted by Gasteiger charge is 2.13. The Morgan fingerprint density at radius 3 is 2.26 bits per heavy atom. The van der Waals surface area contributed by atoms with Gasteiger partial charge in [0.2, 0.25) is 0 Å². The van der Waals surface area contributed by atoms with Crippen molar-refractivity contribution in [2.75, 3.05) is 13.2 Å². The second-order valence-electron chi connectivity index (χ2n) is 5.40. The first-order valence-corrected chi connectivity index (χ1v) is 8.03. The maximum Gasteiger partial charge on any atom is 0.157 e. The standard InChI is InChI=1S/C16H29NO2/c17-13-9-6-4-2-1-3-5-7-10-14-18-16-12-8-11-15-19-16/h16H,1-12,14-15H2. The summed E-state index contributed by atoms with van der Waals surface area (Å²) in [5, 5.41) is 8.41. The molecule has 110 valence electrons. The molecule has 3 nitrogen and oxygen atoms in total. The zero-order valence-electron chi connectivity index (χ0n) is 12.2. The number of hydrogen-bond acceptors (Lipinski definition) is 3. The first kappa shape index (κ1) is 16.5. The van der Waals surface area contributed by atoms with Crippen LogP contribution in [0.3, 0.4) is 0 Å². The lowest BCUT2D eigenvalue weighted by molar-refractivity contribution is -0.162. The summed E-state index contributed by atoms with van der Waals surface area (Å²) in [6.07, 6.45) is 14.3. The summed E-state index contributed by atoms with van der Waals surface area (Å²) >= 11 is 0. The minimum absolute atomic E-state index is 0.0777. The SMILES string of the molecule is N#CCCCCCCCCCCOC1CCCCO1. The average molecular weight is 267 g/mol. The Morgan fingerprint density at radius 2 is 1.63 bits per heavy atom. The fourth-order valence-corrected chi connectivity index (χ4v) is 2.42. The van der Waals surface area contributed by atoms with E-state index >= 15 is 0 Å². The molecule has 1 aliphatic rings. The number of hydrogen-bond donors (Lipinski definition) is 0. The first-order chi connectivity index (χ1) is 9.43. The van der Waals surface area contributed by atoms with E-state index in [4.69, 9.17) is 14.7 Å². The monoisotopic (exact) mass is 267 g/mol. The van der Waals surface area contributed by atoms with Gasteiger partial charge in [-0.15, -0.1) is 0 Å². The molecule has 0 amide bonds. The van der Waals surface area contributed by atoms with E-state index in [9.17, 15) is 0 Å². The largest absolute Gasteiger partial charge is 0.353 e. The molecule has 1 heterocycles. The summed E-state index contributed by atoms with van der Waals surface area (Å²) in [5.41, 5.74) is 0. The predicted octanol–water partition coefficient (Wildman–Crippen LogP) is 4.56. The topological polar surface area (TPSA) is 42.2 Å². The maximum atomic E-state index is 8.41. The summed E-state index contributed by atoms with van der Waals surface area (Å²) in [5.74, 6) is 0. The van der Waals surface area contributed by atoms with Gasteiger partial charge in [-0.3, -0.25) is 0 Å². The molecule has 0 aromatic heterocycles.